The lowest BCUT2D eigenvalue weighted by Gasteiger charge is -2.14. The smallest absolute Gasteiger partial charge is 0.270 e. The summed E-state index contributed by atoms with van der Waals surface area (Å²) in [5.74, 6) is -0.843. The van der Waals surface area contributed by atoms with Crippen LogP contribution in [0.4, 0.5) is 0 Å². The Morgan fingerprint density at radius 2 is 1.72 bits per heavy atom. The molecule has 1 aromatic heterocycles. The van der Waals surface area contributed by atoms with E-state index in [1.807, 2.05) is 12.1 Å². The van der Waals surface area contributed by atoms with Gasteiger partial charge in [0.1, 0.15) is 17.7 Å². The van der Waals surface area contributed by atoms with Crippen molar-refractivity contribution in [2.24, 2.45) is 0 Å². The van der Waals surface area contributed by atoms with Crippen molar-refractivity contribution in [2.45, 2.75) is 25.4 Å². The largest absolute Gasteiger partial charge is 0.347 e. The third-order valence-corrected chi connectivity index (χ3v) is 5.30. The van der Waals surface area contributed by atoms with E-state index in [9.17, 15) is 9.59 Å². The Labute approximate surface area is 184 Å². The van der Waals surface area contributed by atoms with Crippen molar-refractivity contribution in [3.05, 3.63) is 94.1 Å². The highest BCUT2D eigenvalue weighted by Crippen LogP contribution is 2.31. The molecule has 4 rings (SSSR count). The van der Waals surface area contributed by atoms with Crippen LogP contribution in [0.15, 0.2) is 54.9 Å². The first-order valence-corrected chi connectivity index (χ1v) is 10.0. The number of hydrogen-bond acceptors (Lipinski definition) is 6. The SMILES string of the molecule is N#Cc1cccc(CNC(=O)c2cc(C(=O)N[C@@H]3CCc4cc(C#N)ccc43)ncn2)c1. The number of aromatic nitrogens is 2. The van der Waals surface area contributed by atoms with E-state index in [1.165, 1.54) is 12.4 Å². The lowest BCUT2D eigenvalue weighted by molar-refractivity contribution is 0.0931. The number of carbonyl (C=O) groups excluding carboxylic acids is 2. The molecule has 156 valence electrons. The van der Waals surface area contributed by atoms with Gasteiger partial charge in [-0.2, -0.15) is 10.5 Å². The van der Waals surface area contributed by atoms with Gasteiger partial charge in [0.25, 0.3) is 11.8 Å². The zero-order valence-corrected chi connectivity index (χ0v) is 17.0. The highest BCUT2D eigenvalue weighted by atomic mass is 16.2. The molecule has 0 spiro atoms. The number of fused-ring (bicyclic) bond motifs is 1. The molecule has 0 fully saturated rings. The van der Waals surface area contributed by atoms with E-state index in [0.717, 1.165) is 29.5 Å². The number of rotatable bonds is 5. The van der Waals surface area contributed by atoms with Crippen LogP contribution in [-0.2, 0) is 13.0 Å². The highest BCUT2D eigenvalue weighted by molar-refractivity contribution is 5.97. The third-order valence-electron chi connectivity index (χ3n) is 5.30. The Bertz CT molecular complexity index is 1290. The van der Waals surface area contributed by atoms with Crippen LogP contribution in [0.25, 0.3) is 0 Å². The van der Waals surface area contributed by atoms with Gasteiger partial charge in [-0.1, -0.05) is 18.2 Å². The molecule has 0 bridgehead atoms. The minimum Gasteiger partial charge on any atom is -0.347 e. The maximum Gasteiger partial charge on any atom is 0.270 e. The molecular weight excluding hydrogens is 404 g/mol. The highest BCUT2D eigenvalue weighted by Gasteiger charge is 2.25. The maximum atomic E-state index is 12.7. The normalized spacial score (nSPS) is 14.0. The van der Waals surface area contributed by atoms with Gasteiger partial charge < -0.3 is 10.6 Å². The molecule has 1 heterocycles. The van der Waals surface area contributed by atoms with Gasteiger partial charge in [0, 0.05) is 12.6 Å². The van der Waals surface area contributed by atoms with Crippen LogP contribution in [0.3, 0.4) is 0 Å². The minimum absolute atomic E-state index is 0.0760. The van der Waals surface area contributed by atoms with E-state index >= 15 is 0 Å². The zero-order chi connectivity index (χ0) is 22.5. The maximum absolute atomic E-state index is 12.7. The van der Waals surface area contributed by atoms with Crippen molar-refractivity contribution in [3.63, 3.8) is 0 Å². The van der Waals surface area contributed by atoms with Crippen molar-refractivity contribution in [1.82, 2.24) is 20.6 Å². The average molecular weight is 422 g/mol. The van der Waals surface area contributed by atoms with E-state index in [0.29, 0.717) is 11.1 Å². The van der Waals surface area contributed by atoms with Crippen molar-refractivity contribution >= 4 is 11.8 Å². The Balaban J connectivity index is 1.42. The van der Waals surface area contributed by atoms with Gasteiger partial charge in [0.2, 0.25) is 0 Å². The second-order valence-corrected chi connectivity index (χ2v) is 7.37. The van der Waals surface area contributed by atoms with Crippen molar-refractivity contribution in [2.75, 3.05) is 0 Å². The first-order valence-electron chi connectivity index (χ1n) is 10.0. The van der Waals surface area contributed by atoms with E-state index in [4.69, 9.17) is 10.5 Å². The fourth-order valence-electron chi connectivity index (χ4n) is 3.70. The van der Waals surface area contributed by atoms with Gasteiger partial charge in [-0.05, 0) is 53.8 Å². The Kier molecular flexibility index (Phi) is 5.87. The van der Waals surface area contributed by atoms with Gasteiger partial charge in [0.05, 0.1) is 29.3 Å². The van der Waals surface area contributed by atoms with E-state index in [1.54, 1.807) is 30.3 Å². The van der Waals surface area contributed by atoms with Gasteiger partial charge in [0.15, 0.2) is 0 Å². The molecule has 1 aliphatic rings. The molecular formula is C24H18N6O2. The molecule has 1 atom stereocenters. The standard InChI is InChI=1S/C24H18N6O2/c25-11-15-2-1-3-17(8-15)13-27-23(31)21-10-22(29-14-28-21)24(32)30-20-7-5-18-9-16(12-26)4-6-19(18)20/h1-4,6,8-10,14,20H,5,7,13H2,(H,27,31)(H,30,32)/t20-/m1/s1. The summed E-state index contributed by atoms with van der Waals surface area (Å²) in [4.78, 5) is 33.2. The van der Waals surface area contributed by atoms with Crippen LogP contribution < -0.4 is 10.6 Å². The molecule has 3 aromatic rings. The summed E-state index contributed by atoms with van der Waals surface area (Å²) in [5.41, 5.74) is 4.10. The minimum atomic E-state index is -0.445. The van der Waals surface area contributed by atoms with Gasteiger partial charge in [-0.15, -0.1) is 0 Å². The zero-order valence-electron chi connectivity index (χ0n) is 17.0. The lowest BCUT2D eigenvalue weighted by atomic mass is 10.1. The predicted molar refractivity (Wildman–Crippen MR) is 114 cm³/mol. The molecule has 32 heavy (non-hydrogen) atoms. The first kappa shape index (κ1) is 20.7. The summed E-state index contributed by atoms with van der Waals surface area (Å²) in [5, 5.41) is 23.7. The molecule has 0 radical (unpaired) electrons. The average Bonchev–Trinajstić information content (AvgIpc) is 3.24. The quantitative estimate of drug-likeness (QED) is 0.650. The summed E-state index contributed by atoms with van der Waals surface area (Å²) in [6.07, 6.45) is 2.69. The molecule has 1 aliphatic carbocycles. The predicted octanol–water partition coefficient (Wildman–Crippen LogP) is 2.57. The number of nitrogens with zero attached hydrogens (tertiary/aromatic N) is 4. The van der Waals surface area contributed by atoms with Crippen LogP contribution >= 0.6 is 0 Å². The Morgan fingerprint density at radius 1 is 0.969 bits per heavy atom. The summed E-state index contributed by atoms with van der Waals surface area (Å²) >= 11 is 0. The molecule has 0 saturated carbocycles. The van der Waals surface area contributed by atoms with Gasteiger partial charge >= 0.3 is 0 Å². The third kappa shape index (κ3) is 4.45. The lowest BCUT2D eigenvalue weighted by Crippen LogP contribution is -2.29. The molecule has 2 N–H and O–H groups in total. The summed E-state index contributed by atoms with van der Waals surface area (Å²) in [7, 11) is 0. The number of aryl methyl sites for hydroxylation is 1. The molecule has 0 unspecified atom stereocenters. The molecule has 8 heteroatoms. The molecule has 2 aromatic carbocycles. The molecule has 8 nitrogen and oxygen atoms in total. The van der Waals surface area contributed by atoms with Crippen LogP contribution in [-0.4, -0.2) is 21.8 Å². The number of amides is 2. The monoisotopic (exact) mass is 422 g/mol. The fraction of sp³-hybridized carbons (Fsp3) is 0.167. The van der Waals surface area contributed by atoms with Gasteiger partial charge in [-0.3, -0.25) is 9.59 Å². The molecule has 2 amide bonds. The summed E-state index contributed by atoms with van der Waals surface area (Å²) in [6, 6.07) is 17.7. The number of nitriles is 2. The first-order chi connectivity index (χ1) is 15.6. The van der Waals surface area contributed by atoms with Crippen LogP contribution in [0.5, 0.6) is 0 Å². The molecule has 0 saturated heterocycles. The number of carbonyl (C=O) groups is 2. The van der Waals surface area contributed by atoms with Gasteiger partial charge in [-0.25, -0.2) is 9.97 Å². The van der Waals surface area contributed by atoms with Crippen molar-refractivity contribution < 1.29 is 9.59 Å². The van der Waals surface area contributed by atoms with Crippen molar-refractivity contribution in [3.8, 4) is 12.1 Å². The topological polar surface area (TPSA) is 132 Å². The Hall–Kier alpha value is -4.56. The van der Waals surface area contributed by atoms with E-state index in [-0.39, 0.29) is 24.0 Å². The van der Waals surface area contributed by atoms with E-state index < -0.39 is 11.8 Å². The summed E-state index contributed by atoms with van der Waals surface area (Å²) in [6.45, 7) is 0.226. The van der Waals surface area contributed by atoms with E-state index in [2.05, 4.69) is 32.7 Å². The summed E-state index contributed by atoms with van der Waals surface area (Å²) < 4.78 is 0. The Morgan fingerprint density at radius 3 is 2.50 bits per heavy atom. The number of hydrogen-bond donors (Lipinski definition) is 2. The van der Waals surface area contributed by atoms with Crippen LogP contribution in [0, 0.1) is 22.7 Å². The van der Waals surface area contributed by atoms with Crippen molar-refractivity contribution in [1.29, 1.82) is 10.5 Å². The van der Waals surface area contributed by atoms with Crippen LogP contribution in [0.2, 0.25) is 0 Å². The second-order valence-electron chi connectivity index (χ2n) is 7.37. The second kappa shape index (κ2) is 9.07. The fourth-order valence-corrected chi connectivity index (χ4v) is 3.70. The number of nitrogens with one attached hydrogen (secondary N) is 2. The van der Waals surface area contributed by atoms with Crippen LogP contribution in [0.1, 0.15) is 61.3 Å². The number of benzene rings is 2. The molecule has 0 aliphatic heterocycles.